The Bertz CT molecular complexity index is 1040. The molecule has 3 aromatic carbocycles. The number of carbonyl (C=O) groups excluding carboxylic acids is 1. The van der Waals surface area contributed by atoms with E-state index in [0.29, 0.717) is 10.9 Å². The highest BCUT2D eigenvalue weighted by Crippen LogP contribution is 2.44. The lowest BCUT2D eigenvalue weighted by Crippen LogP contribution is -2.30. The largest absolute Gasteiger partial charge is 0.449 e. The summed E-state index contributed by atoms with van der Waals surface area (Å²) in [6.07, 6.45) is -2.34. The lowest BCUT2D eigenvalue weighted by Gasteiger charge is -2.20. The predicted octanol–water partition coefficient (Wildman–Crippen LogP) is 4.90. The minimum absolute atomic E-state index is 0.00122. The number of amides is 1. The molecule has 0 radical (unpaired) electrons. The van der Waals surface area contributed by atoms with Crippen LogP contribution in [0.15, 0.2) is 72.8 Å². The van der Waals surface area contributed by atoms with E-state index in [1.807, 2.05) is 42.5 Å². The fourth-order valence-corrected chi connectivity index (χ4v) is 4.79. The van der Waals surface area contributed by atoms with Gasteiger partial charge in [-0.1, -0.05) is 88.7 Å². The molecular formula is C26H26BrNO4. The number of halogens is 1. The van der Waals surface area contributed by atoms with Crippen LogP contribution in [0.25, 0.3) is 11.1 Å². The maximum absolute atomic E-state index is 12.3. The molecule has 0 aliphatic heterocycles. The van der Waals surface area contributed by atoms with Crippen molar-refractivity contribution in [2.75, 3.05) is 13.2 Å². The Hall–Kier alpha value is -2.67. The standard InChI is InChI=1S/C26H26BrNO4/c27-15-17-7-1-2-8-18(17)25(30)24(29)13-14-28-26(31)32-16-23-21-11-5-3-9-19(21)20-10-4-6-12-22(20)23/h1-12,23-25,29-30H,13-16H2,(H,28,31). The zero-order chi connectivity index (χ0) is 22.5. The van der Waals surface area contributed by atoms with Crippen LogP contribution in [0.2, 0.25) is 0 Å². The summed E-state index contributed by atoms with van der Waals surface area (Å²) in [5.41, 5.74) is 6.27. The number of ether oxygens (including phenoxy) is 1. The second-order valence-corrected chi connectivity index (χ2v) is 8.45. The van der Waals surface area contributed by atoms with Crippen molar-refractivity contribution < 1.29 is 19.7 Å². The molecule has 0 spiro atoms. The molecule has 0 bridgehead atoms. The van der Waals surface area contributed by atoms with Crippen molar-refractivity contribution in [2.45, 2.75) is 29.9 Å². The first-order valence-electron chi connectivity index (χ1n) is 10.7. The van der Waals surface area contributed by atoms with Crippen molar-refractivity contribution >= 4 is 22.0 Å². The Morgan fingerprint density at radius 1 is 0.938 bits per heavy atom. The van der Waals surface area contributed by atoms with E-state index >= 15 is 0 Å². The molecule has 6 heteroatoms. The van der Waals surface area contributed by atoms with E-state index < -0.39 is 18.3 Å². The number of benzene rings is 3. The Labute approximate surface area is 196 Å². The SMILES string of the molecule is O=C(NCCC(O)C(O)c1ccccc1CBr)OCC1c2ccccc2-c2ccccc21. The number of hydrogen-bond donors (Lipinski definition) is 3. The van der Waals surface area contributed by atoms with Gasteiger partial charge in [0.15, 0.2) is 0 Å². The summed E-state index contributed by atoms with van der Waals surface area (Å²) in [6.45, 7) is 0.440. The number of aliphatic hydroxyl groups excluding tert-OH is 2. The van der Waals surface area contributed by atoms with E-state index in [-0.39, 0.29) is 25.5 Å². The van der Waals surface area contributed by atoms with E-state index in [2.05, 4.69) is 45.5 Å². The van der Waals surface area contributed by atoms with E-state index in [1.54, 1.807) is 6.07 Å². The molecule has 1 aliphatic carbocycles. The third kappa shape index (κ3) is 4.72. The highest BCUT2D eigenvalue weighted by atomic mass is 79.9. The van der Waals surface area contributed by atoms with Crippen LogP contribution >= 0.6 is 15.9 Å². The van der Waals surface area contributed by atoms with Gasteiger partial charge in [0.05, 0.1) is 6.10 Å². The number of rotatable bonds is 8. The van der Waals surface area contributed by atoms with Crippen LogP contribution < -0.4 is 5.32 Å². The van der Waals surface area contributed by atoms with Crippen LogP contribution in [0, 0.1) is 0 Å². The Kier molecular flexibility index (Phi) is 7.25. The fraction of sp³-hybridized carbons (Fsp3) is 0.269. The van der Waals surface area contributed by atoms with Crippen LogP contribution in [0.3, 0.4) is 0 Å². The topological polar surface area (TPSA) is 78.8 Å². The minimum Gasteiger partial charge on any atom is -0.449 e. The molecule has 0 saturated heterocycles. The van der Waals surface area contributed by atoms with Gasteiger partial charge in [0.2, 0.25) is 0 Å². The van der Waals surface area contributed by atoms with Gasteiger partial charge in [-0.2, -0.15) is 0 Å². The van der Waals surface area contributed by atoms with Crippen molar-refractivity contribution in [3.8, 4) is 11.1 Å². The second kappa shape index (κ2) is 10.3. The number of alkyl halides is 1. The van der Waals surface area contributed by atoms with Crippen molar-refractivity contribution in [3.63, 3.8) is 0 Å². The van der Waals surface area contributed by atoms with E-state index in [4.69, 9.17) is 4.74 Å². The molecular weight excluding hydrogens is 470 g/mol. The maximum atomic E-state index is 12.3. The number of aliphatic hydroxyl groups is 2. The summed E-state index contributed by atoms with van der Waals surface area (Å²) in [7, 11) is 0. The molecule has 2 unspecified atom stereocenters. The van der Waals surface area contributed by atoms with E-state index in [9.17, 15) is 15.0 Å². The third-order valence-electron chi connectivity index (χ3n) is 5.94. The first-order chi connectivity index (χ1) is 15.6. The Balaban J connectivity index is 1.29. The van der Waals surface area contributed by atoms with Crippen molar-refractivity contribution in [2.24, 2.45) is 0 Å². The summed E-state index contributed by atoms with van der Waals surface area (Å²) < 4.78 is 5.50. The normalized spacial score (nSPS) is 14.3. The molecule has 5 nitrogen and oxygen atoms in total. The maximum Gasteiger partial charge on any atom is 0.407 e. The van der Waals surface area contributed by atoms with Crippen LogP contribution in [-0.2, 0) is 10.1 Å². The van der Waals surface area contributed by atoms with Crippen LogP contribution in [0.4, 0.5) is 4.79 Å². The summed E-state index contributed by atoms with van der Waals surface area (Å²) in [6, 6.07) is 23.8. The van der Waals surface area contributed by atoms with Gasteiger partial charge < -0.3 is 20.3 Å². The molecule has 3 N–H and O–H groups in total. The van der Waals surface area contributed by atoms with Crippen molar-refractivity contribution in [3.05, 3.63) is 95.1 Å². The minimum atomic E-state index is -1.02. The van der Waals surface area contributed by atoms with Gasteiger partial charge in [-0.3, -0.25) is 0 Å². The van der Waals surface area contributed by atoms with Crippen LogP contribution in [0.5, 0.6) is 0 Å². The summed E-state index contributed by atoms with van der Waals surface area (Å²) in [5, 5.41) is 24.1. The smallest absolute Gasteiger partial charge is 0.407 e. The molecule has 3 aromatic rings. The molecule has 0 aromatic heterocycles. The molecule has 166 valence electrons. The zero-order valence-electron chi connectivity index (χ0n) is 17.6. The lowest BCUT2D eigenvalue weighted by molar-refractivity contribution is 0.0133. The monoisotopic (exact) mass is 495 g/mol. The number of fused-ring (bicyclic) bond motifs is 3. The summed E-state index contributed by atoms with van der Waals surface area (Å²) in [4.78, 5) is 12.3. The number of alkyl carbamates (subject to hydrolysis) is 1. The van der Waals surface area contributed by atoms with Crippen LogP contribution in [0.1, 0.15) is 40.7 Å². The Morgan fingerprint density at radius 3 is 2.19 bits per heavy atom. The number of nitrogens with one attached hydrogen (secondary N) is 1. The van der Waals surface area contributed by atoms with Crippen molar-refractivity contribution in [1.29, 1.82) is 0 Å². The number of carbonyl (C=O) groups is 1. The molecule has 32 heavy (non-hydrogen) atoms. The lowest BCUT2D eigenvalue weighted by atomic mass is 9.98. The van der Waals surface area contributed by atoms with Gasteiger partial charge in [0.25, 0.3) is 0 Å². The predicted molar refractivity (Wildman–Crippen MR) is 128 cm³/mol. The average Bonchev–Trinajstić information content (AvgIpc) is 3.16. The number of hydrogen-bond acceptors (Lipinski definition) is 4. The zero-order valence-corrected chi connectivity index (χ0v) is 19.2. The third-order valence-corrected chi connectivity index (χ3v) is 6.54. The van der Waals surface area contributed by atoms with E-state index in [0.717, 1.165) is 16.7 Å². The highest BCUT2D eigenvalue weighted by Gasteiger charge is 2.29. The van der Waals surface area contributed by atoms with Crippen LogP contribution in [-0.4, -0.2) is 35.6 Å². The quantitative estimate of drug-likeness (QED) is 0.388. The highest BCUT2D eigenvalue weighted by molar-refractivity contribution is 9.08. The van der Waals surface area contributed by atoms with Gasteiger partial charge in [0, 0.05) is 17.8 Å². The first-order valence-corrected chi connectivity index (χ1v) is 11.8. The summed E-state index contributed by atoms with van der Waals surface area (Å²) in [5.74, 6) is 0.00122. The molecule has 0 saturated carbocycles. The van der Waals surface area contributed by atoms with E-state index in [1.165, 1.54) is 11.1 Å². The Morgan fingerprint density at radius 2 is 1.53 bits per heavy atom. The molecule has 4 rings (SSSR count). The van der Waals surface area contributed by atoms with Gasteiger partial charge in [0.1, 0.15) is 12.7 Å². The van der Waals surface area contributed by atoms with Gasteiger partial charge >= 0.3 is 6.09 Å². The van der Waals surface area contributed by atoms with Gasteiger partial charge in [-0.25, -0.2) is 4.79 Å². The molecule has 0 fully saturated rings. The first kappa shape index (κ1) is 22.5. The van der Waals surface area contributed by atoms with Gasteiger partial charge in [-0.15, -0.1) is 0 Å². The molecule has 2 atom stereocenters. The molecule has 1 amide bonds. The molecule has 1 aliphatic rings. The molecule has 0 heterocycles. The van der Waals surface area contributed by atoms with Crippen molar-refractivity contribution in [1.82, 2.24) is 5.32 Å². The summed E-state index contributed by atoms with van der Waals surface area (Å²) >= 11 is 3.40. The average molecular weight is 496 g/mol. The second-order valence-electron chi connectivity index (χ2n) is 7.89. The fourth-order valence-electron chi connectivity index (χ4n) is 4.28. The van der Waals surface area contributed by atoms with Gasteiger partial charge in [-0.05, 0) is 39.8 Å².